The van der Waals surface area contributed by atoms with Crippen molar-refractivity contribution in [3.05, 3.63) is 24.4 Å². The fourth-order valence-corrected chi connectivity index (χ4v) is 3.56. The van der Waals surface area contributed by atoms with Gasteiger partial charge in [0.1, 0.15) is 0 Å². The first-order valence-corrected chi connectivity index (χ1v) is 5.94. The minimum atomic E-state index is -0.109. The van der Waals surface area contributed by atoms with Crippen molar-refractivity contribution in [2.24, 2.45) is 7.05 Å². The van der Waals surface area contributed by atoms with Crippen molar-refractivity contribution in [2.45, 2.75) is 0 Å². The summed E-state index contributed by atoms with van der Waals surface area (Å²) in [5, 5.41) is 1.33. The number of nitrogens with zero attached hydrogens (tertiary/aromatic N) is 1. The van der Waals surface area contributed by atoms with E-state index in [0.29, 0.717) is 0 Å². The predicted molar refractivity (Wildman–Crippen MR) is 48.6 cm³/mol. The van der Waals surface area contributed by atoms with Crippen LogP contribution in [-0.2, 0) is 7.05 Å². The fraction of sp³-hybridized carbons (Fsp3) is 0.222. The third-order valence-electron chi connectivity index (χ3n) is 1.78. The van der Waals surface area contributed by atoms with E-state index >= 15 is 0 Å². The molecule has 0 amide bonds. The summed E-state index contributed by atoms with van der Waals surface area (Å²) in [4.78, 5) is 0. The Morgan fingerprint density at radius 2 is 2.25 bits per heavy atom. The van der Waals surface area contributed by atoms with Crippen LogP contribution >= 0.6 is 0 Å². The fourth-order valence-electron chi connectivity index (χ4n) is 1.21. The van der Waals surface area contributed by atoms with E-state index in [1.54, 1.807) is 7.11 Å². The minimum absolute atomic E-state index is 0.109. The molecule has 1 aromatic carbocycles. The maximum atomic E-state index is 5.15. The van der Waals surface area contributed by atoms with Gasteiger partial charge >= 0.3 is 81.3 Å². The van der Waals surface area contributed by atoms with Gasteiger partial charge in [-0.15, -0.1) is 0 Å². The molecule has 2 nitrogen and oxygen atoms in total. The Bertz CT molecular complexity index is 408. The average Bonchev–Trinajstić information content (AvgIpc) is 2.43. The normalized spacial score (nSPS) is 10.5. The van der Waals surface area contributed by atoms with Crippen LogP contribution in [-0.4, -0.2) is 27.8 Å². The molecule has 1 heterocycles. The van der Waals surface area contributed by atoms with Crippen LogP contribution in [0.5, 0.6) is 5.75 Å². The molecule has 0 aliphatic rings. The molecule has 3 heteroatoms. The topological polar surface area (TPSA) is 13.1 Å². The van der Waals surface area contributed by atoms with Crippen LogP contribution in [0.25, 0.3) is 8.79 Å². The summed E-state index contributed by atoms with van der Waals surface area (Å²) in [6.45, 7) is 0. The number of rotatable bonds is 1. The molecule has 2 aromatic rings. The van der Waals surface area contributed by atoms with Crippen molar-refractivity contribution < 1.29 is 7.53 Å². The number of methoxy groups -OCH3 is 1. The van der Waals surface area contributed by atoms with Gasteiger partial charge in [-0.25, -0.2) is 0 Å². The van der Waals surface area contributed by atoms with Gasteiger partial charge < -0.3 is 0 Å². The molecule has 12 heavy (non-hydrogen) atoms. The number of aromatic nitrogens is 1. The molecule has 0 bridgehead atoms. The molecule has 1 aromatic heterocycles. The van der Waals surface area contributed by atoms with E-state index in [-0.39, 0.29) is 20.7 Å². The summed E-state index contributed by atoms with van der Waals surface area (Å²) in [7, 11) is 3.84. The van der Waals surface area contributed by atoms with Crippen LogP contribution in [0.4, 0.5) is 0 Å². The molecule has 0 spiro atoms. The van der Waals surface area contributed by atoms with E-state index in [4.69, 9.17) is 4.74 Å². The van der Waals surface area contributed by atoms with Gasteiger partial charge in [-0.05, 0) is 0 Å². The number of hydrogen-bond donors (Lipinski definition) is 0. The number of benzene rings is 1. The molecule has 0 saturated heterocycles. The van der Waals surface area contributed by atoms with Gasteiger partial charge in [0.25, 0.3) is 0 Å². The van der Waals surface area contributed by atoms with E-state index < -0.39 is 0 Å². The van der Waals surface area contributed by atoms with Gasteiger partial charge in [-0.2, -0.15) is 0 Å². The Morgan fingerprint density at radius 3 is 3.00 bits per heavy atom. The third kappa shape index (κ3) is 1.35. The van der Waals surface area contributed by atoms with E-state index in [0.717, 1.165) is 5.75 Å². The van der Waals surface area contributed by atoms with Crippen LogP contribution < -0.4 is 7.53 Å². The van der Waals surface area contributed by atoms with Gasteiger partial charge in [-0.3, -0.25) is 0 Å². The Labute approximate surface area is 81.4 Å². The number of hydrogen-bond acceptors (Lipinski definition) is 1. The second-order valence-electron chi connectivity index (χ2n) is 2.67. The van der Waals surface area contributed by atoms with Crippen molar-refractivity contribution in [3.63, 3.8) is 0 Å². The van der Waals surface area contributed by atoms with Crippen LogP contribution in [0.15, 0.2) is 24.4 Å². The molecule has 0 unspecified atom stereocenters. The van der Waals surface area contributed by atoms with E-state index in [9.17, 15) is 0 Å². The Kier molecular flexibility index (Phi) is 2.08. The van der Waals surface area contributed by atoms with Crippen molar-refractivity contribution in [3.8, 4) is 5.75 Å². The third-order valence-corrected chi connectivity index (χ3v) is 4.53. The van der Waals surface area contributed by atoms with Gasteiger partial charge in [0.2, 0.25) is 0 Å². The Balaban J connectivity index is 2.66. The second-order valence-corrected chi connectivity index (χ2v) is 6.09. The average molecular weight is 276 g/mol. The van der Waals surface area contributed by atoms with Crippen molar-refractivity contribution in [1.29, 1.82) is 0 Å². The van der Waals surface area contributed by atoms with Crippen molar-refractivity contribution in [1.82, 2.24) is 0 Å². The van der Waals surface area contributed by atoms with Crippen LogP contribution in [0.2, 0.25) is 0 Å². The summed E-state index contributed by atoms with van der Waals surface area (Å²) in [5.74, 6) is 0.952. The molecule has 0 aliphatic heterocycles. The standard InChI is InChI=1S/C9H10NOTe/c1-10-6-7-5-8(11-2)3-4-9(7)12-10/h3-6H,1-2H3/q+1. The summed E-state index contributed by atoms with van der Waals surface area (Å²) >= 11 is -0.109. The zero-order chi connectivity index (χ0) is 8.55. The first kappa shape index (κ1) is 8.09. The number of ether oxygens (including phenoxy) is 1. The van der Waals surface area contributed by atoms with Crippen molar-refractivity contribution in [2.75, 3.05) is 7.11 Å². The molecule has 0 fully saturated rings. The molecule has 0 aliphatic carbocycles. The second kappa shape index (κ2) is 3.08. The Hall–Kier alpha value is -0.520. The molecular weight excluding hydrogens is 266 g/mol. The maximum absolute atomic E-state index is 5.15. The quantitative estimate of drug-likeness (QED) is 0.700. The number of aryl methyl sites for hydroxylation is 1. The van der Waals surface area contributed by atoms with E-state index in [2.05, 4.69) is 28.2 Å². The SMILES string of the molecule is COc1ccc2[te][n+](C)cc2c1. The zero-order valence-corrected chi connectivity index (χ0v) is 9.40. The van der Waals surface area contributed by atoms with E-state index in [1.807, 2.05) is 6.07 Å². The Morgan fingerprint density at radius 1 is 1.42 bits per heavy atom. The number of fused-ring (bicyclic) bond motifs is 1. The monoisotopic (exact) mass is 278 g/mol. The van der Waals surface area contributed by atoms with Crippen LogP contribution in [0.1, 0.15) is 0 Å². The molecular formula is C9H10NOTe+. The molecule has 62 valence electrons. The van der Waals surface area contributed by atoms with Gasteiger partial charge in [0.15, 0.2) is 0 Å². The predicted octanol–water partition coefficient (Wildman–Crippen LogP) is 0.730. The molecule has 2 rings (SSSR count). The summed E-state index contributed by atoms with van der Waals surface area (Å²) in [6, 6.07) is 6.32. The van der Waals surface area contributed by atoms with Gasteiger partial charge in [-0.1, -0.05) is 0 Å². The first-order valence-electron chi connectivity index (χ1n) is 3.73. The molecule has 0 radical (unpaired) electrons. The van der Waals surface area contributed by atoms with Crippen LogP contribution in [0, 0.1) is 0 Å². The first-order chi connectivity index (χ1) is 5.79. The summed E-state index contributed by atoms with van der Waals surface area (Å²) < 4.78 is 8.95. The van der Waals surface area contributed by atoms with Gasteiger partial charge in [0.05, 0.1) is 0 Å². The summed E-state index contributed by atoms with van der Waals surface area (Å²) in [6.07, 6.45) is 2.19. The summed E-state index contributed by atoms with van der Waals surface area (Å²) in [5.41, 5.74) is 0. The molecule has 0 atom stereocenters. The van der Waals surface area contributed by atoms with E-state index in [1.165, 1.54) is 8.79 Å². The molecule has 0 N–H and O–H groups in total. The van der Waals surface area contributed by atoms with Gasteiger partial charge in [0, 0.05) is 0 Å². The van der Waals surface area contributed by atoms with Crippen molar-refractivity contribution >= 4 is 29.5 Å². The van der Waals surface area contributed by atoms with Crippen LogP contribution in [0.3, 0.4) is 0 Å². The zero-order valence-electron chi connectivity index (χ0n) is 7.07. The molecule has 0 saturated carbocycles.